The zero-order valence-electron chi connectivity index (χ0n) is 14.8. The molecule has 0 aromatic heterocycles. The molecule has 27 heavy (non-hydrogen) atoms. The lowest BCUT2D eigenvalue weighted by molar-refractivity contribution is -0.153. The van der Waals surface area contributed by atoms with E-state index in [9.17, 15) is 28.0 Å². The largest absolute Gasteiger partial charge is 0.453 e. The second-order valence-corrected chi connectivity index (χ2v) is 6.04. The highest BCUT2D eigenvalue weighted by molar-refractivity contribution is 6.01. The summed E-state index contributed by atoms with van der Waals surface area (Å²) in [5.74, 6) is -3.89. The van der Waals surface area contributed by atoms with Gasteiger partial charge in [0.25, 0.3) is 5.91 Å². The third-order valence-electron chi connectivity index (χ3n) is 3.86. The maximum atomic E-state index is 13.1. The number of hydrogen-bond acceptors (Lipinski definition) is 5. The highest BCUT2D eigenvalue weighted by Crippen LogP contribution is 2.14. The van der Waals surface area contributed by atoms with Crippen LogP contribution < -0.4 is 5.32 Å². The summed E-state index contributed by atoms with van der Waals surface area (Å²) in [6.07, 6.45) is -1.06. The number of esters is 1. The molecule has 1 N–H and O–H groups in total. The molecule has 10 heteroatoms. The molecule has 1 saturated heterocycles. The monoisotopic (exact) mass is 383 g/mol. The van der Waals surface area contributed by atoms with Gasteiger partial charge in [-0.05, 0) is 25.5 Å². The molecule has 0 unspecified atom stereocenters. The van der Waals surface area contributed by atoms with Crippen molar-refractivity contribution in [1.29, 1.82) is 0 Å². The number of hydrogen-bond donors (Lipinski definition) is 1. The van der Waals surface area contributed by atoms with Gasteiger partial charge < -0.3 is 15.0 Å². The zero-order valence-corrected chi connectivity index (χ0v) is 14.8. The number of imide groups is 1. The predicted molar refractivity (Wildman–Crippen MR) is 89.5 cm³/mol. The van der Waals surface area contributed by atoms with Crippen LogP contribution in [0.25, 0.3) is 0 Å². The number of carbonyl (C=O) groups is 4. The van der Waals surface area contributed by atoms with Crippen LogP contribution in [0.5, 0.6) is 0 Å². The van der Waals surface area contributed by atoms with Gasteiger partial charge in [0, 0.05) is 31.8 Å². The van der Waals surface area contributed by atoms with Crippen molar-refractivity contribution in [3.63, 3.8) is 0 Å². The van der Waals surface area contributed by atoms with Crippen molar-refractivity contribution in [1.82, 2.24) is 9.80 Å². The lowest BCUT2D eigenvalue weighted by Crippen LogP contribution is -2.33. The molecule has 1 fully saturated rings. The molecule has 0 aliphatic carbocycles. The quantitative estimate of drug-likeness (QED) is 0.569. The average molecular weight is 383 g/mol. The molecule has 146 valence electrons. The maximum absolute atomic E-state index is 13.1. The molecule has 0 radical (unpaired) electrons. The van der Waals surface area contributed by atoms with Gasteiger partial charge in [-0.1, -0.05) is 0 Å². The molecule has 0 saturated carbocycles. The van der Waals surface area contributed by atoms with Crippen molar-refractivity contribution in [2.75, 3.05) is 25.5 Å². The summed E-state index contributed by atoms with van der Waals surface area (Å²) in [4.78, 5) is 49.3. The summed E-state index contributed by atoms with van der Waals surface area (Å²) in [7, 11) is 1.50. The number of carbonyl (C=O) groups excluding carboxylic acids is 4. The number of ether oxygens (including phenoxy) is 1. The zero-order chi connectivity index (χ0) is 20.1. The normalized spacial score (nSPS) is 15.1. The molecular weight excluding hydrogens is 364 g/mol. The minimum atomic E-state index is -1.16. The topological polar surface area (TPSA) is 96.0 Å². The van der Waals surface area contributed by atoms with Crippen molar-refractivity contribution in [2.45, 2.75) is 25.9 Å². The van der Waals surface area contributed by atoms with E-state index in [2.05, 4.69) is 5.32 Å². The highest BCUT2D eigenvalue weighted by atomic mass is 19.2. The third kappa shape index (κ3) is 5.22. The molecule has 1 aromatic carbocycles. The van der Waals surface area contributed by atoms with Crippen LogP contribution in [0.3, 0.4) is 0 Å². The minimum Gasteiger partial charge on any atom is -0.453 e. The Labute approximate surface area is 154 Å². The molecule has 0 bridgehead atoms. The van der Waals surface area contributed by atoms with Crippen molar-refractivity contribution >= 4 is 29.5 Å². The van der Waals surface area contributed by atoms with Gasteiger partial charge in [0.2, 0.25) is 5.91 Å². The maximum Gasteiger partial charge on any atom is 0.326 e. The first-order valence-electron chi connectivity index (χ1n) is 8.20. The van der Waals surface area contributed by atoms with Gasteiger partial charge in [-0.15, -0.1) is 0 Å². The van der Waals surface area contributed by atoms with Crippen LogP contribution in [0.1, 0.15) is 19.8 Å². The van der Waals surface area contributed by atoms with Crippen LogP contribution in [-0.2, 0) is 19.1 Å². The van der Waals surface area contributed by atoms with E-state index in [-0.39, 0.29) is 37.5 Å². The SMILES string of the molecule is C[C@@H](OC(=O)CCCN1C(=O)CN(C)C1=O)C(=O)Nc1ccc(F)c(F)c1. The second-order valence-electron chi connectivity index (χ2n) is 6.04. The van der Waals surface area contributed by atoms with Gasteiger partial charge in [-0.25, -0.2) is 13.6 Å². The summed E-state index contributed by atoms with van der Waals surface area (Å²) in [6.45, 7) is 1.41. The number of halogens is 2. The van der Waals surface area contributed by atoms with Crippen molar-refractivity contribution in [2.24, 2.45) is 0 Å². The van der Waals surface area contributed by atoms with Gasteiger partial charge in [-0.3, -0.25) is 19.3 Å². The number of urea groups is 1. The summed E-state index contributed by atoms with van der Waals surface area (Å²) < 4.78 is 30.9. The average Bonchev–Trinajstić information content (AvgIpc) is 2.84. The Morgan fingerprint density at radius 1 is 1.26 bits per heavy atom. The van der Waals surface area contributed by atoms with E-state index in [1.807, 2.05) is 0 Å². The van der Waals surface area contributed by atoms with Gasteiger partial charge in [0.15, 0.2) is 17.7 Å². The molecule has 1 atom stereocenters. The molecule has 1 aromatic rings. The van der Waals surface area contributed by atoms with Gasteiger partial charge in [0.05, 0.1) is 0 Å². The molecular formula is C17H19F2N3O5. The smallest absolute Gasteiger partial charge is 0.326 e. The Kier molecular flexibility index (Phi) is 6.43. The van der Waals surface area contributed by atoms with Crippen molar-refractivity contribution in [3.8, 4) is 0 Å². The van der Waals surface area contributed by atoms with Crippen molar-refractivity contribution < 1.29 is 32.7 Å². The number of benzene rings is 1. The Morgan fingerprint density at radius 2 is 1.96 bits per heavy atom. The minimum absolute atomic E-state index is 0.00443. The lowest BCUT2D eigenvalue weighted by Gasteiger charge is -2.15. The molecule has 1 aliphatic heterocycles. The molecule has 4 amide bonds. The third-order valence-corrected chi connectivity index (χ3v) is 3.86. The summed E-state index contributed by atoms with van der Waals surface area (Å²) in [5, 5.41) is 2.31. The van der Waals surface area contributed by atoms with Crippen LogP contribution in [-0.4, -0.2) is 59.9 Å². The summed E-state index contributed by atoms with van der Waals surface area (Å²) in [6, 6.07) is 2.42. The van der Waals surface area contributed by atoms with E-state index in [1.165, 1.54) is 24.9 Å². The Balaban J connectivity index is 1.76. The van der Waals surface area contributed by atoms with Crippen LogP contribution in [0.4, 0.5) is 19.3 Å². The number of nitrogens with zero attached hydrogens (tertiary/aromatic N) is 2. The first-order valence-corrected chi connectivity index (χ1v) is 8.20. The van der Waals surface area contributed by atoms with Crippen LogP contribution in [0, 0.1) is 11.6 Å². The van der Waals surface area contributed by atoms with Crippen LogP contribution in [0.15, 0.2) is 18.2 Å². The number of nitrogens with one attached hydrogen (secondary N) is 1. The number of likely N-dealkylation sites (N-methyl/N-ethyl adjacent to an activating group) is 1. The van der Waals surface area contributed by atoms with E-state index in [4.69, 9.17) is 4.74 Å². The van der Waals surface area contributed by atoms with E-state index in [1.54, 1.807) is 0 Å². The van der Waals surface area contributed by atoms with E-state index >= 15 is 0 Å². The fourth-order valence-corrected chi connectivity index (χ4v) is 2.40. The van der Waals surface area contributed by atoms with Crippen LogP contribution in [0.2, 0.25) is 0 Å². The first kappa shape index (κ1) is 20.3. The van der Waals surface area contributed by atoms with Gasteiger partial charge in [0.1, 0.15) is 6.54 Å². The molecule has 0 spiro atoms. The Hall–Kier alpha value is -3.04. The van der Waals surface area contributed by atoms with Crippen molar-refractivity contribution in [3.05, 3.63) is 29.8 Å². The predicted octanol–water partition coefficient (Wildman–Crippen LogP) is 1.51. The number of rotatable bonds is 7. The summed E-state index contributed by atoms with van der Waals surface area (Å²) in [5.41, 5.74) is 0.0250. The fourth-order valence-electron chi connectivity index (χ4n) is 2.40. The fraction of sp³-hybridized carbons (Fsp3) is 0.412. The summed E-state index contributed by atoms with van der Waals surface area (Å²) >= 11 is 0. The second kappa shape index (κ2) is 8.56. The van der Waals surface area contributed by atoms with Gasteiger partial charge >= 0.3 is 12.0 Å². The molecule has 1 aliphatic rings. The van der Waals surface area contributed by atoms with E-state index in [0.717, 1.165) is 17.0 Å². The molecule has 2 rings (SSSR count). The Bertz CT molecular complexity index is 771. The standard InChI is InChI=1S/C17H19F2N3O5/c1-10(16(25)20-11-5-6-12(18)13(19)8-11)27-15(24)4-3-7-22-14(23)9-21(2)17(22)26/h5-6,8,10H,3-4,7,9H2,1-2H3,(H,20,25)/t10-/m1/s1. The van der Waals surface area contributed by atoms with Crippen LogP contribution >= 0.6 is 0 Å². The molecule has 1 heterocycles. The first-order chi connectivity index (χ1) is 12.7. The highest BCUT2D eigenvalue weighted by Gasteiger charge is 2.33. The lowest BCUT2D eigenvalue weighted by atomic mass is 10.2. The molecule has 8 nitrogen and oxygen atoms in total. The number of anilines is 1. The van der Waals surface area contributed by atoms with E-state index < -0.39 is 35.6 Å². The van der Waals surface area contributed by atoms with E-state index in [0.29, 0.717) is 0 Å². The van der Waals surface area contributed by atoms with Gasteiger partial charge in [-0.2, -0.15) is 0 Å². The Morgan fingerprint density at radius 3 is 2.56 bits per heavy atom. The number of amides is 4.